The summed E-state index contributed by atoms with van der Waals surface area (Å²) in [5.41, 5.74) is 3.26. The number of rotatable bonds is 7. The number of nitrogens with zero attached hydrogens (tertiary/aromatic N) is 4. The van der Waals surface area contributed by atoms with E-state index in [1.807, 2.05) is 18.2 Å². The molecule has 9 heteroatoms. The van der Waals surface area contributed by atoms with E-state index < -0.39 is 6.09 Å². The van der Waals surface area contributed by atoms with Crippen LogP contribution in [0, 0.1) is 11.7 Å². The van der Waals surface area contributed by atoms with Crippen molar-refractivity contribution in [2.75, 3.05) is 49.6 Å². The maximum Gasteiger partial charge on any atom is 0.414 e. The molecule has 0 radical (unpaired) electrons. The fourth-order valence-electron chi connectivity index (χ4n) is 4.19. The number of pyridine rings is 2. The molecule has 2 fully saturated rings. The van der Waals surface area contributed by atoms with E-state index in [1.165, 1.54) is 17.0 Å². The summed E-state index contributed by atoms with van der Waals surface area (Å²) in [5.74, 6) is 0.686. The summed E-state index contributed by atoms with van der Waals surface area (Å²) < 4.78 is 24.1. The summed E-state index contributed by atoms with van der Waals surface area (Å²) in [5, 5.41) is 3.41. The molecule has 0 saturated carbocycles. The van der Waals surface area contributed by atoms with Gasteiger partial charge in [0.2, 0.25) is 5.88 Å². The quantitative estimate of drug-likeness (QED) is 0.609. The number of benzene rings is 1. The maximum absolute atomic E-state index is 13.5. The molecule has 0 spiro atoms. The highest BCUT2D eigenvalue weighted by molar-refractivity contribution is 5.90. The molecular weight excluding hydrogens is 413 g/mol. The van der Waals surface area contributed by atoms with Crippen molar-refractivity contribution in [3.63, 3.8) is 0 Å². The Kier molecular flexibility index (Phi) is 5.48. The number of fused-ring (bicyclic) bond motifs is 1. The fourth-order valence-corrected chi connectivity index (χ4v) is 4.19. The van der Waals surface area contributed by atoms with Crippen molar-refractivity contribution in [2.45, 2.75) is 6.10 Å². The van der Waals surface area contributed by atoms with Gasteiger partial charge < -0.3 is 19.7 Å². The van der Waals surface area contributed by atoms with Gasteiger partial charge in [0, 0.05) is 44.4 Å². The van der Waals surface area contributed by atoms with Gasteiger partial charge in [-0.05, 0) is 30.3 Å². The minimum absolute atomic E-state index is 0.261. The SMILES string of the molecule is COc1ccc2nccc(N3CC(CNC[C@@H]4CN(c5cccc(F)c5)C(=O)O4)C3)c2n1. The largest absolute Gasteiger partial charge is 0.481 e. The van der Waals surface area contributed by atoms with Crippen molar-refractivity contribution in [3.8, 4) is 5.88 Å². The second-order valence-electron chi connectivity index (χ2n) is 8.08. The number of carbonyl (C=O) groups is 1. The molecule has 2 aliphatic rings. The standard InChI is InChI=1S/C23H24FN5O3/c1-31-21-6-5-19-22(27-21)20(7-8-26-19)28-12-15(13-28)10-25-11-18-14-29(23(30)32-18)17-4-2-3-16(24)9-17/h2-9,15,18,25H,10-14H2,1H3/t18-/m1/s1. The number of amides is 1. The number of halogens is 1. The maximum atomic E-state index is 13.5. The number of carbonyl (C=O) groups excluding carboxylic acids is 1. The second-order valence-corrected chi connectivity index (χ2v) is 8.08. The lowest BCUT2D eigenvalue weighted by atomic mass is 9.99. The van der Waals surface area contributed by atoms with Crippen molar-refractivity contribution in [1.82, 2.24) is 15.3 Å². The number of cyclic esters (lactones) is 1. The number of aromatic nitrogens is 2. The molecule has 0 aliphatic carbocycles. The fraction of sp³-hybridized carbons (Fsp3) is 0.348. The van der Waals surface area contributed by atoms with Gasteiger partial charge in [-0.25, -0.2) is 14.2 Å². The van der Waals surface area contributed by atoms with E-state index in [-0.39, 0.29) is 11.9 Å². The van der Waals surface area contributed by atoms with Crippen LogP contribution < -0.4 is 19.9 Å². The summed E-state index contributed by atoms with van der Waals surface area (Å²) in [4.78, 5) is 24.8. The molecule has 1 N–H and O–H groups in total. The Labute approximate surface area is 185 Å². The summed E-state index contributed by atoms with van der Waals surface area (Å²) >= 11 is 0. The number of methoxy groups -OCH3 is 1. The number of hydrogen-bond acceptors (Lipinski definition) is 7. The first-order valence-corrected chi connectivity index (χ1v) is 10.6. The van der Waals surface area contributed by atoms with Gasteiger partial charge in [0.15, 0.2) is 0 Å². The molecule has 5 rings (SSSR count). The van der Waals surface area contributed by atoms with E-state index in [9.17, 15) is 9.18 Å². The lowest BCUT2D eigenvalue weighted by Crippen LogP contribution is -2.51. The Hall–Kier alpha value is -3.46. The summed E-state index contributed by atoms with van der Waals surface area (Å²) in [6.07, 6.45) is 1.10. The van der Waals surface area contributed by atoms with Crippen LogP contribution in [-0.2, 0) is 4.74 Å². The number of anilines is 2. The second kappa shape index (κ2) is 8.58. The monoisotopic (exact) mass is 437 g/mol. The number of ether oxygens (including phenoxy) is 2. The van der Waals surface area contributed by atoms with E-state index in [0.717, 1.165) is 36.4 Å². The molecule has 1 aromatic carbocycles. The van der Waals surface area contributed by atoms with E-state index in [1.54, 1.807) is 25.4 Å². The highest BCUT2D eigenvalue weighted by atomic mass is 19.1. The highest BCUT2D eigenvalue weighted by Gasteiger charge is 2.33. The molecule has 166 valence electrons. The third-order valence-electron chi connectivity index (χ3n) is 5.84. The molecule has 1 amide bonds. The molecule has 8 nitrogen and oxygen atoms in total. The Balaban J connectivity index is 1.12. The third-order valence-corrected chi connectivity index (χ3v) is 5.84. The van der Waals surface area contributed by atoms with E-state index >= 15 is 0 Å². The summed E-state index contributed by atoms with van der Waals surface area (Å²) in [7, 11) is 1.61. The first-order chi connectivity index (χ1) is 15.6. The van der Waals surface area contributed by atoms with Crippen LogP contribution in [0.2, 0.25) is 0 Å². The van der Waals surface area contributed by atoms with E-state index in [2.05, 4.69) is 20.2 Å². The van der Waals surface area contributed by atoms with Gasteiger partial charge in [0.05, 0.1) is 30.5 Å². The molecular formula is C23H24FN5O3. The summed E-state index contributed by atoms with van der Waals surface area (Å²) in [6, 6.07) is 11.7. The van der Waals surface area contributed by atoms with Gasteiger partial charge in [-0.3, -0.25) is 9.88 Å². The zero-order valence-electron chi connectivity index (χ0n) is 17.7. The van der Waals surface area contributed by atoms with Crippen molar-refractivity contribution in [1.29, 1.82) is 0 Å². The van der Waals surface area contributed by atoms with Gasteiger partial charge >= 0.3 is 6.09 Å². The lowest BCUT2D eigenvalue weighted by Gasteiger charge is -2.41. The predicted octanol–water partition coefficient (Wildman–Crippen LogP) is 2.83. The Bertz CT molecular complexity index is 1140. The molecule has 1 atom stereocenters. The van der Waals surface area contributed by atoms with Gasteiger partial charge in [-0.2, -0.15) is 0 Å². The van der Waals surface area contributed by atoms with E-state index in [0.29, 0.717) is 30.6 Å². The summed E-state index contributed by atoms with van der Waals surface area (Å²) in [6.45, 7) is 3.60. The van der Waals surface area contributed by atoms with Crippen molar-refractivity contribution in [3.05, 3.63) is 54.5 Å². The minimum Gasteiger partial charge on any atom is -0.481 e. The molecule has 2 aromatic heterocycles. The van der Waals surface area contributed by atoms with Crippen LogP contribution in [0.3, 0.4) is 0 Å². The topological polar surface area (TPSA) is 79.8 Å². The smallest absolute Gasteiger partial charge is 0.414 e. The van der Waals surface area contributed by atoms with Crippen LogP contribution in [0.5, 0.6) is 5.88 Å². The molecule has 0 bridgehead atoms. The third kappa shape index (κ3) is 4.03. The average molecular weight is 437 g/mol. The van der Waals surface area contributed by atoms with Crippen molar-refractivity contribution in [2.24, 2.45) is 5.92 Å². The number of hydrogen-bond donors (Lipinski definition) is 1. The predicted molar refractivity (Wildman–Crippen MR) is 119 cm³/mol. The highest BCUT2D eigenvalue weighted by Crippen LogP contribution is 2.30. The van der Waals surface area contributed by atoms with Crippen molar-refractivity contribution >= 4 is 28.5 Å². The Morgan fingerprint density at radius 3 is 2.88 bits per heavy atom. The Morgan fingerprint density at radius 1 is 1.19 bits per heavy atom. The van der Waals surface area contributed by atoms with Crippen molar-refractivity contribution < 1.29 is 18.7 Å². The Morgan fingerprint density at radius 2 is 2.06 bits per heavy atom. The minimum atomic E-state index is -0.440. The lowest BCUT2D eigenvalue weighted by molar-refractivity contribution is 0.139. The molecule has 0 unspecified atom stereocenters. The molecule has 32 heavy (non-hydrogen) atoms. The van der Waals surface area contributed by atoms with Gasteiger partial charge in [-0.1, -0.05) is 6.07 Å². The van der Waals surface area contributed by atoms with Gasteiger partial charge in [-0.15, -0.1) is 0 Å². The van der Waals surface area contributed by atoms with Crippen LogP contribution in [-0.4, -0.2) is 62.0 Å². The molecule has 2 aliphatic heterocycles. The normalized spacial score (nSPS) is 18.7. The first-order valence-electron chi connectivity index (χ1n) is 10.6. The first kappa shape index (κ1) is 20.4. The average Bonchev–Trinajstić information content (AvgIpc) is 3.15. The van der Waals surface area contributed by atoms with Crippen LogP contribution in [0.4, 0.5) is 20.6 Å². The molecule has 2 saturated heterocycles. The molecule has 3 aromatic rings. The van der Waals surface area contributed by atoms with Crippen LogP contribution in [0.15, 0.2) is 48.7 Å². The van der Waals surface area contributed by atoms with Crippen LogP contribution >= 0.6 is 0 Å². The molecule has 4 heterocycles. The van der Waals surface area contributed by atoms with E-state index in [4.69, 9.17) is 9.47 Å². The van der Waals surface area contributed by atoms with Gasteiger partial charge in [0.25, 0.3) is 0 Å². The van der Waals surface area contributed by atoms with Crippen LogP contribution in [0.25, 0.3) is 11.0 Å². The van der Waals surface area contributed by atoms with Gasteiger partial charge in [0.1, 0.15) is 17.4 Å². The van der Waals surface area contributed by atoms with Crippen LogP contribution in [0.1, 0.15) is 0 Å². The zero-order chi connectivity index (χ0) is 22.1. The number of nitrogens with one attached hydrogen (secondary N) is 1. The zero-order valence-corrected chi connectivity index (χ0v) is 17.7.